The Morgan fingerprint density at radius 2 is 2.13 bits per heavy atom. The van der Waals surface area contributed by atoms with Crippen molar-refractivity contribution in [2.45, 2.75) is 38.1 Å². The van der Waals surface area contributed by atoms with Gasteiger partial charge in [-0.3, -0.25) is 0 Å². The Labute approximate surface area is 91.4 Å². The number of aryl methyl sites for hydroxylation is 1. The summed E-state index contributed by atoms with van der Waals surface area (Å²) in [5.74, 6) is 0.970. The van der Waals surface area contributed by atoms with Crippen molar-refractivity contribution < 1.29 is 4.74 Å². The van der Waals surface area contributed by atoms with Crippen LogP contribution in [0, 0.1) is 6.92 Å². The number of ether oxygens (including phenoxy) is 1. The van der Waals surface area contributed by atoms with Crippen molar-refractivity contribution in [3.8, 4) is 5.75 Å². The average molecular weight is 205 g/mol. The molecule has 0 aromatic heterocycles. The first-order chi connectivity index (χ1) is 7.13. The van der Waals surface area contributed by atoms with E-state index in [-0.39, 0.29) is 5.54 Å². The molecular formula is C13H19NO. The molecule has 1 fully saturated rings. The molecule has 82 valence electrons. The zero-order chi connectivity index (χ0) is 10.9. The second-order valence-electron chi connectivity index (χ2n) is 4.71. The molecular weight excluding hydrogens is 186 g/mol. The lowest BCUT2D eigenvalue weighted by molar-refractivity contribution is 0.245. The van der Waals surface area contributed by atoms with Crippen molar-refractivity contribution in [1.82, 2.24) is 0 Å². The molecule has 1 saturated carbocycles. The molecule has 0 heterocycles. The lowest BCUT2D eigenvalue weighted by Gasteiger charge is -2.38. The van der Waals surface area contributed by atoms with Crippen LogP contribution in [0.25, 0.3) is 0 Å². The van der Waals surface area contributed by atoms with E-state index in [0.29, 0.717) is 0 Å². The first kappa shape index (κ1) is 10.5. The summed E-state index contributed by atoms with van der Waals surface area (Å²) < 4.78 is 5.36. The van der Waals surface area contributed by atoms with Crippen LogP contribution in [0.3, 0.4) is 0 Å². The van der Waals surface area contributed by atoms with Gasteiger partial charge in [0.15, 0.2) is 0 Å². The van der Waals surface area contributed by atoms with E-state index in [1.165, 1.54) is 17.5 Å². The van der Waals surface area contributed by atoms with Crippen LogP contribution in [0.2, 0.25) is 0 Å². The standard InChI is InChI=1S/C13H19NO/c1-10-4-5-12(15-2)11(8-10)9-13(14)6-3-7-13/h4-5,8H,3,6-7,9,14H2,1-2H3. The fraction of sp³-hybridized carbons (Fsp3) is 0.538. The highest BCUT2D eigenvalue weighted by atomic mass is 16.5. The summed E-state index contributed by atoms with van der Waals surface area (Å²) in [6.07, 6.45) is 4.50. The van der Waals surface area contributed by atoms with Crippen molar-refractivity contribution >= 4 is 0 Å². The molecule has 1 aliphatic rings. The molecule has 1 aromatic rings. The molecule has 0 unspecified atom stereocenters. The summed E-state index contributed by atoms with van der Waals surface area (Å²) in [5, 5.41) is 0. The molecule has 15 heavy (non-hydrogen) atoms. The van der Waals surface area contributed by atoms with Gasteiger partial charge in [0.1, 0.15) is 5.75 Å². The monoisotopic (exact) mass is 205 g/mol. The summed E-state index contributed by atoms with van der Waals surface area (Å²) in [6, 6.07) is 6.30. The third-order valence-electron chi connectivity index (χ3n) is 3.33. The number of hydrogen-bond donors (Lipinski definition) is 1. The van der Waals surface area contributed by atoms with Gasteiger partial charge in [-0.25, -0.2) is 0 Å². The van der Waals surface area contributed by atoms with Crippen molar-refractivity contribution in [3.05, 3.63) is 29.3 Å². The third kappa shape index (κ3) is 2.15. The molecule has 2 heteroatoms. The van der Waals surface area contributed by atoms with Gasteiger partial charge in [-0.2, -0.15) is 0 Å². The zero-order valence-electron chi connectivity index (χ0n) is 9.55. The van der Waals surface area contributed by atoms with Crippen LogP contribution in [-0.2, 0) is 6.42 Å². The van der Waals surface area contributed by atoms with Gasteiger partial charge in [-0.05, 0) is 44.2 Å². The lowest BCUT2D eigenvalue weighted by atomic mass is 9.73. The van der Waals surface area contributed by atoms with Crippen molar-refractivity contribution in [1.29, 1.82) is 0 Å². The van der Waals surface area contributed by atoms with E-state index in [2.05, 4.69) is 19.1 Å². The van der Waals surface area contributed by atoms with Gasteiger partial charge in [-0.1, -0.05) is 17.7 Å². The van der Waals surface area contributed by atoms with Crippen LogP contribution in [0.4, 0.5) is 0 Å². The normalized spacial score (nSPS) is 18.3. The predicted molar refractivity (Wildman–Crippen MR) is 62.2 cm³/mol. The topological polar surface area (TPSA) is 35.2 Å². The van der Waals surface area contributed by atoms with Crippen LogP contribution in [0.1, 0.15) is 30.4 Å². The van der Waals surface area contributed by atoms with Gasteiger partial charge in [0.05, 0.1) is 7.11 Å². The molecule has 0 atom stereocenters. The number of rotatable bonds is 3. The SMILES string of the molecule is COc1ccc(C)cc1CC1(N)CCC1. The smallest absolute Gasteiger partial charge is 0.122 e. The fourth-order valence-corrected chi connectivity index (χ4v) is 2.23. The molecule has 0 radical (unpaired) electrons. The minimum atomic E-state index is 0.0288. The number of nitrogens with two attached hydrogens (primary N) is 1. The predicted octanol–water partition coefficient (Wildman–Crippen LogP) is 2.43. The molecule has 0 bridgehead atoms. The van der Waals surface area contributed by atoms with Crippen LogP contribution < -0.4 is 10.5 Å². The highest BCUT2D eigenvalue weighted by molar-refractivity contribution is 5.38. The second kappa shape index (κ2) is 3.86. The average Bonchev–Trinajstić information content (AvgIpc) is 2.16. The largest absolute Gasteiger partial charge is 0.496 e. The van der Waals surface area contributed by atoms with Crippen molar-refractivity contribution in [3.63, 3.8) is 0 Å². The van der Waals surface area contributed by atoms with E-state index in [0.717, 1.165) is 25.0 Å². The quantitative estimate of drug-likeness (QED) is 0.822. The molecule has 2 rings (SSSR count). The van der Waals surface area contributed by atoms with E-state index in [4.69, 9.17) is 10.5 Å². The van der Waals surface area contributed by atoms with Gasteiger partial charge < -0.3 is 10.5 Å². The van der Waals surface area contributed by atoms with E-state index in [9.17, 15) is 0 Å². The zero-order valence-corrected chi connectivity index (χ0v) is 9.55. The summed E-state index contributed by atoms with van der Waals surface area (Å²) >= 11 is 0. The Kier molecular flexibility index (Phi) is 2.70. The van der Waals surface area contributed by atoms with Gasteiger partial charge in [-0.15, -0.1) is 0 Å². The van der Waals surface area contributed by atoms with E-state index >= 15 is 0 Å². The number of methoxy groups -OCH3 is 1. The highest BCUT2D eigenvalue weighted by Crippen LogP contribution is 2.35. The molecule has 2 nitrogen and oxygen atoms in total. The van der Waals surface area contributed by atoms with Crippen LogP contribution in [-0.4, -0.2) is 12.6 Å². The molecule has 0 aliphatic heterocycles. The summed E-state index contributed by atoms with van der Waals surface area (Å²) in [5.41, 5.74) is 8.80. The maximum atomic E-state index is 6.25. The van der Waals surface area contributed by atoms with E-state index in [1.807, 2.05) is 6.07 Å². The van der Waals surface area contributed by atoms with Crippen LogP contribution in [0.15, 0.2) is 18.2 Å². The highest BCUT2D eigenvalue weighted by Gasteiger charge is 2.33. The first-order valence-electron chi connectivity index (χ1n) is 5.55. The van der Waals surface area contributed by atoms with Crippen molar-refractivity contribution in [2.24, 2.45) is 5.73 Å². The van der Waals surface area contributed by atoms with E-state index in [1.54, 1.807) is 7.11 Å². The minimum Gasteiger partial charge on any atom is -0.496 e. The molecule has 0 spiro atoms. The maximum Gasteiger partial charge on any atom is 0.122 e. The number of hydrogen-bond acceptors (Lipinski definition) is 2. The van der Waals surface area contributed by atoms with E-state index < -0.39 is 0 Å². The lowest BCUT2D eigenvalue weighted by Crippen LogP contribution is -2.48. The summed E-state index contributed by atoms with van der Waals surface area (Å²) in [7, 11) is 1.72. The Morgan fingerprint density at radius 3 is 2.67 bits per heavy atom. The minimum absolute atomic E-state index is 0.0288. The Morgan fingerprint density at radius 1 is 1.40 bits per heavy atom. The first-order valence-corrected chi connectivity index (χ1v) is 5.55. The molecule has 1 aromatic carbocycles. The third-order valence-corrected chi connectivity index (χ3v) is 3.33. The molecule has 0 amide bonds. The molecule has 0 saturated heterocycles. The van der Waals surface area contributed by atoms with Crippen LogP contribution >= 0.6 is 0 Å². The molecule has 1 aliphatic carbocycles. The Hall–Kier alpha value is -1.02. The van der Waals surface area contributed by atoms with Gasteiger partial charge in [0, 0.05) is 5.54 Å². The maximum absolute atomic E-state index is 6.25. The van der Waals surface area contributed by atoms with Crippen LogP contribution in [0.5, 0.6) is 5.75 Å². The Bertz CT molecular complexity index is 356. The van der Waals surface area contributed by atoms with Gasteiger partial charge in [0.2, 0.25) is 0 Å². The van der Waals surface area contributed by atoms with Gasteiger partial charge >= 0.3 is 0 Å². The summed E-state index contributed by atoms with van der Waals surface area (Å²) in [4.78, 5) is 0. The molecule has 2 N–H and O–H groups in total. The number of benzene rings is 1. The summed E-state index contributed by atoms with van der Waals surface area (Å²) in [6.45, 7) is 2.10. The van der Waals surface area contributed by atoms with Gasteiger partial charge in [0.25, 0.3) is 0 Å². The fourth-order valence-electron chi connectivity index (χ4n) is 2.23. The Balaban J connectivity index is 2.21. The van der Waals surface area contributed by atoms with Crippen molar-refractivity contribution in [2.75, 3.05) is 7.11 Å². The second-order valence-corrected chi connectivity index (χ2v) is 4.71.